The third-order valence-electron chi connectivity index (χ3n) is 3.13. The molecule has 21 heavy (non-hydrogen) atoms. The Bertz CT molecular complexity index is 774. The first-order chi connectivity index (χ1) is 10.3. The largest absolute Gasteiger partial charge is 0.438 e. The number of hydrogen-bond acceptors (Lipinski definition) is 3. The molecule has 0 spiro atoms. The molecule has 106 valence electrons. The Balaban J connectivity index is 2.07. The molecular weight excluding hydrogens is 328 g/mol. The molecule has 1 N–H and O–H groups in total. The number of nitrogens with zero attached hydrogens (tertiary/aromatic N) is 1. The molecule has 0 fully saturated rings. The van der Waals surface area contributed by atoms with Crippen LogP contribution in [0.4, 0.5) is 0 Å². The lowest BCUT2D eigenvalue weighted by atomic mass is 10.1. The predicted octanol–water partition coefficient (Wildman–Crippen LogP) is 4.51. The van der Waals surface area contributed by atoms with Crippen LogP contribution in [0.25, 0.3) is 10.8 Å². The molecule has 1 aromatic heterocycles. The SMILES string of the molecule is CNCc1cc2ccccc2c(Oc2cccc(Br)c2)n1. The molecule has 0 bridgehead atoms. The zero-order chi connectivity index (χ0) is 14.7. The van der Waals surface area contributed by atoms with Crippen molar-refractivity contribution in [1.82, 2.24) is 10.3 Å². The van der Waals surface area contributed by atoms with Crippen LogP contribution in [-0.2, 0) is 6.54 Å². The summed E-state index contributed by atoms with van der Waals surface area (Å²) in [6, 6.07) is 18.0. The smallest absolute Gasteiger partial charge is 0.227 e. The van der Waals surface area contributed by atoms with Gasteiger partial charge in [0.2, 0.25) is 5.88 Å². The van der Waals surface area contributed by atoms with Crippen molar-refractivity contribution in [3.05, 3.63) is 64.8 Å². The molecule has 0 saturated heterocycles. The lowest BCUT2D eigenvalue weighted by molar-refractivity contribution is 0.466. The van der Waals surface area contributed by atoms with Crippen LogP contribution in [0.3, 0.4) is 0 Å². The van der Waals surface area contributed by atoms with Gasteiger partial charge in [0.15, 0.2) is 0 Å². The highest BCUT2D eigenvalue weighted by molar-refractivity contribution is 9.10. The van der Waals surface area contributed by atoms with Gasteiger partial charge in [-0.25, -0.2) is 4.98 Å². The zero-order valence-electron chi connectivity index (χ0n) is 11.6. The highest BCUT2D eigenvalue weighted by Crippen LogP contribution is 2.29. The lowest BCUT2D eigenvalue weighted by Crippen LogP contribution is -2.07. The van der Waals surface area contributed by atoms with Crippen molar-refractivity contribution >= 4 is 26.7 Å². The van der Waals surface area contributed by atoms with Crippen molar-refractivity contribution in [1.29, 1.82) is 0 Å². The van der Waals surface area contributed by atoms with Crippen LogP contribution in [-0.4, -0.2) is 12.0 Å². The molecule has 0 aliphatic rings. The number of ether oxygens (including phenoxy) is 1. The van der Waals surface area contributed by atoms with E-state index in [1.54, 1.807) is 0 Å². The van der Waals surface area contributed by atoms with Gasteiger partial charge < -0.3 is 10.1 Å². The maximum Gasteiger partial charge on any atom is 0.227 e. The van der Waals surface area contributed by atoms with Gasteiger partial charge in [0.25, 0.3) is 0 Å². The number of fused-ring (bicyclic) bond motifs is 1. The third kappa shape index (κ3) is 3.23. The van der Waals surface area contributed by atoms with Crippen LogP contribution in [0.5, 0.6) is 11.6 Å². The van der Waals surface area contributed by atoms with Gasteiger partial charge >= 0.3 is 0 Å². The van der Waals surface area contributed by atoms with Crippen molar-refractivity contribution in [2.24, 2.45) is 0 Å². The second-order valence-corrected chi connectivity index (χ2v) is 5.65. The minimum Gasteiger partial charge on any atom is -0.438 e. The Labute approximate surface area is 132 Å². The van der Waals surface area contributed by atoms with Gasteiger partial charge in [0.1, 0.15) is 5.75 Å². The molecule has 0 amide bonds. The fraction of sp³-hybridized carbons (Fsp3) is 0.118. The summed E-state index contributed by atoms with van der Waals surface area (Å²) < 4.78 is 6.97. The first kappa shape index (κ1) is 14.0. The summed E-state index contributed by atoms with van der Waals surface area (Å²) in [5.41, 5.74) is 0.959. The van der Waals surface area contributed by atoms with E-state index in [4.69, 9.17) is 4.74 Å². The number of aromatic nitrogens is 1. The van der Waals surface area contributed by atoms with Crippen LogP contribution in [0.15, 0.2) is 59.1 Å². The molecule has 1 heterocycles. The van der Waals surface area contributed by atoms with Crippen LogP contribution in [0, 0.1) is 0 Å². The highest BCUT2D eigenvalue weighted by Gasteiger charge is 2.08. The first-order valence-electron chi connectivity index (χ1n) is 6.73. The van der Waals surface area contributed by atoms with Crippen molar-refractivity contribution in [2.75, 3.05) is 7.05 Å². The van der Waals surface area contributed by atoms with Gasteiger partial charge in [0, 0.05) is 16.4 Å². The molecule has 0 atom stereocenters. The molecule has 0 aliphatic carbocycles. The molecule has 0 unspecified atom stereocenters. The van der Waals surface area contributed by atoms with Crippen molar-refractivity contribution in [3.63, 3.8) is 0 Å². The summed E-state index contributed by atoms with van der Waals surface area (Å²) in [6.07, 6.45) is 0. The van der Waals surface area contributed by atoms with E-state index in [0.717, 1.165) is 26.7 Å². The minimum absolute atomic E-state index is 0.636. The van der Waals surface area contributed by atoms with E-state index in [9.17, 15) is 0 Å². The Hall–Kier alpha value is -1.91. The topological polar surface area (TPSA) is 34.1 Å². The Morgan fingerprint density at radius 3 is 2.76 bits per heavy atom. The van der Waals surface area contributed by atoms with Gasteiger partial charge in [-0.3, -0.25) is 0 Å². The molecule has 0 saturated carbocycles. The Kier molecular flexibility index (Phi) is 4.18. The van der Waals surface area contributed by atoms with E-state index < -0.39 is 0 Å². The van der Waals surface area contributed by atoms with Crippen LogP contribution in [0.1, 0.15) is 5.69 Å². The summed E-state index contributed by atoms with van der Waals surface area (Å²) in [5.74, 6) is 1.40. The van der Waals surface area contributed by atoms with Gasteiger partial charge in [-0.05, 0) is 42.8 Å². The van der Waals surface area contributed by atoms with Crippen molar-refractivity contribution < 1.29 is 4.74 Å². The number of benzene rings is 2. The molecule has 3 rings (SSSR count). The zero-order valence-corrected chi connectivity index (χ0v) is 13.2. The summed E-state index contributed by atoms with van der Waals surface area (Å²) in [5, 5.41) is 5.26. The van der Waals surface area contributed by atoms with Gasteiger partial charge in [-0.1, -0.05) is 40.2 Å². The van der Waals surface area contributed by atoms with E-state index in [-0.39, 0.29) is 0 Å². The second kappa shape index (κ2) is 6.24. The maximum absolute atomic E-state index is 5.99. The summed E-state index contributed by atoms with van der Waals surface area (Å²) in [4.78, 5) is 4.62. The Morgan fingerprint density at radius 1 is 1.10 bits per heavy atom. The summed E-state index contributed by atoms with van der Waals surface area (Å²) in [7, 11) is 1.91. The lowest BCUT2D eigenvalue weighted by Gasteiger charge is -2.10. The summed E-state index contributed by atoms with van der Waals surface area (Å²) >= 11 is 3.45. The molecular formula is C17H15BrN2O. The fourth-order valence-electron chi connectivity index (χ4n) is 2.21. The Morgan fingerprint density at radius 2 is 1.95 bits per heavy atom. The van der Waals surface area contributed by atoms with Crippen molar-refractivity contribution in [3.8, 4) is 11.6 Å². The maximum atomic E-state index is 5.99. The average Bonchev–Trinajstić information content (AvgIpc) is 2.48. The van der Waals surface area contributed by atoms with Crippen LogP contribution in [0.2, 0.25) is 0 Å². The molecule has 3 nitrogen and oxygen atoms in total. The fourth-order valence-corrected chi connectivity index (χ4v) is 2.59. The second-order valence-electron chi connectivity index (χ2n) is 4.73. The number of nitrogens with one attached hydrogen (secondary N) is 1. The van der Waals surface area contributed by atoms with E-state index in [2.05, 4.69) is 38.4 Å². The molecule has 0 aliphatic heterocycles. The van der Waals surface area contributed by atoms with E-state index in [0.29, 0.717) is 12.4 Å². The van der Waals surface area contributed by atoms with Crippen LogP contribution < -0.4 is 10.1 Å². The molecule has 2 aromatic carbocycles. The standard InChI is InChI=1S/C17H15BrN2O/c1-19-11-14-9-12-5-2-3-8-16(12)17(20-14)21-15-7-4-6-13(18)10-15/h2-10,19H,11H2,1H3. The van der Waals surface area contributed by atoms with E-state index in [1.807, 2.05) is 49.5 Å². The number of pyridine rings is 1. The van der Waals surface area contributed by atoms with Crippen molar-refractivity contribution in [2.45, 2.75) is 6.54 Å². The minimum atomic E-state index is 0.636. The summed E-state index contributed by atoms with van der Waals surface area (Å²) in [6.45, 7) is 0.708. The quantitative estimate of drug-likeness (QED) is 0.757. The first-order valence-corrected chi connectivity index (χ1v) is 7.52. The van der Waals surface area contributed by atoms with Gasteiger partial charge in [-0.2, -0.15) is 0 Å². The average molecular weight is 343 g/mol. The number of hydrogen-bond donors (Lipinski definition) is 1. The third-order valence-corrected chi connectivity index (χ3v) is 3.62. The molecule has 4 heteroatoms. The normalized spacial score (nSPS) is 10.8. The van der Waals surface area contributed by atoms with E-state index in [1.165, 1.54) is 0 Å². The number of rotatable bonds is 4. The molecule has 3 aromatic rings. The predicted molar refractivity (Wildman–Crippen MR) is 88.7 cm³/mol. The monoisotopic (exact) mass is 342 g/mol. The molecule has 0 radical (unpaired) electrons. The number of halogens is 1. The van der Waals surface area contributed by atoms with Crippen LogP contribution >= 0.6 is 15.9 Å². The van der Waals surface area contributed by atoms with E-state index >= 15 is 0 Å². The van der Waals surface area contributed by atoms with Gasteiger partial charge in [-0.15, -0.1) is 0 Å². The highest BCUT2D eigenvalue weighted by atomic mass is 79.9. The van der Waals surface area contributed by atoms with Gasteiger partial charge in [0.05, 0.1) is 5.69 Å².